The van der Waals surface area contributed by atoms with Crippen LogP contribution in [0.15, 0.2) is 33.5 Å². The number of hydrogen-bond acceptors (Lipinski definition) is 4. The van der Waals surface area contributed by atoms with Gasteiger partial charge in [-0.1, -0.05) is 45.7 Å². The zero-order valence-electron chi connectivity index (χ0n) is 15.8. The molecule has 0 saturated heterocycles. The zero-order chi connectivity index (χ0) is 18.3. The maximum Gasteiger partial charge on any atom is 0.294 e. The molecule has 1 saturated carbocycles. The van der Waals surface area contributed by atoms with Gasteiger partial charge in [-0.2, -0.15) is 0 Å². The van der Waals surface area contributed by atoms with Gasteiger partial charge in [0.1, 0.15) is 16.9 Å². The van der Waals surface area contributed by atoms with E-state index in [1.165, 1.54) is 25.7 Å². The molecule has 5 heteroatoms. The summed E-state index contributed by atoms with van der Waals surface area (Å²) in [6.45, 7) is 7.53. The second-order valence-corrected chi connectivity index (χ2v) is 8.53. The van der Waals surface area contributed by atoms with Crippen molar-refractivity contribution in [2.75, 3.05) is 0 Å². The predicted molar refractivity (Wildman–Crippen MR) is 104 cm³/mol. The minimum absolute atomic E-state index is 0.209. The normalized spacial score (nSPS) is 21.5. The Balaban J connectivity index is 1.61. The third-order valence-electron chi connectivity index (χ3n) is 5.69. The summed E-state index contributed by atoms with van der Waals surface area (Å²) in [7, 11) is 0. The summed E-state index contributed by atoms with van der Waals surface area (Å²) in [4.78, 5) is 20.0. The molecule has 0 spiro atoms. The lowest BCUT2D eigenvalue weighted by atomic mass is 9.69. The van der Waals surface area contributed by atoms with Gasteiger partial charge in [-0.25, -0.2) is 4.98 Å². The zero-order valence-corrected chi connectivity index (χ0v) is 15.8. The molecule has 2 heterocycles. The van der Waals surface area contributed by atoms with E-state index in [9.17, 15) is 4.79 Å². The molecule has 2 unspecified atom stereocenters. The van der Waals surface area contributed by atoms with Gasteiger partial charge in [0.2, 0.25) is 5.58 Å². The molecule has 1 aliphatic rings. The molecule has 26 heavy (non-hydrogen) atoms. The van der Waals surface area contributed by atoms with Gasteiger partial charge in [0.15, 0.2) is 0 Å². The average Bonchev–Trinajstić information content (AvgIpc) is 2.99. The van der Waals surface area contributed by atoms with Crippen LogP contribution in [0.3, 0.4) is 0 Å². The van der Waals surface area contributed by atoms with E-state index in [1.807, 2.05) is 24.3 Å². The van der Waals surface area contributed by atoms with Crippen LogP contribution >= 0.6 is 0 Å². The molecular weight excluding hydrogens is 326 g/mol. The van der Waals surface area contributed by atoms with Crippen LogP contribution in [0.1, 0.15) is 52.3 Å². The minimum atomic E-state index is -0.209. The lowest BCUT2D eigenvalue weighted by molar-refractivity contribution is 0.129. The number of fused-ring (bicyclic) bond motifs is 3. The standard InChI is InChI=1S/C21H27N3O2/c1-21(2,3)14-9-5-6-10-15(14)22-12-17-23-18-13-8-4-7-11-16(13)26-19(18)20(25)24-17/h4,7-8,11,14-15,22H,5-6,9-10,12H2,1-3H3,(H,23,24,25). The molecule has 1 aliphatic carbocycles. The molecule has 2 aromatic heterocycles. The molecule has 0 aliphatic heterocycles. The number of nitrogens with zero attached hydrogens (tertiary/aromatic N) is 1. The van der Waals surface area contributed by atoms with Crippen molar-refractivity contribution in [1.29, 1.82) is 0 Å². The lowest BCUT2D eigenvalue weighted by Gasteiger charge is -2.41. The summed E-state index contributed by atoms with van der Waals surface area (Å²) in [5.74, 6) is 1.31. The van der Waals surface area contributed by atoms with E-state index in [0.717, 1.165) is 5.39 Å². The smallest absolute Gasteiger partial charge is 0.294 e. The van der Waals surface area contributed by atoms with Gasteiger partial charge in [-0.3, -0.25) is 4.79 Å². The molecule has 1 aromatic carbocycles. The third kappa shape index (κ3) is 3.16. The molecular formula is C21H27N3O2. The molecule has 138 valence electrons. The average molecular weight is 353 g/mol. The fourth-order valence-corrected chi connectivity index (χ4v) is 4.37. The molecule has 2 atom stereocenters. The van der Waals surface area contributed by atoms with Crippen molar-refractivity contribution in [3.63, 3.8) is 0 Å². The Kier molecular flexibility index (Phi) is 4.35. The Bertz CT molecular complexity index is 980. The summed E-state index contributed by atoms with van der Waals surface area (Å²) in [5.41, 5.74) is 1.73. The summed E-state index contributed by atoms with van der Waals surface area (Å²) in [6.07, 6.45) is 5.02. The number of H-pyrrole nitrogens is 1. The van der Waals surface area contributed by atoms with Gasteiger partial charge in [-0.05, 0) is 36.3 Å². The first-order chi connectivity index (χ1) is 12.4. The van der Waals surface area contributed by atoms with E-state index in [2.05, 4.69) is 36.1 Å². The highest BCUT2D eigenvalue weighted by Gasteiger charge is 2.33. The van der Waals surface area contributed by atoms with Crippen molar-refractivity contribution < 1.29 is 4.42 Å². The van der Waals surface area contributed by atoms with Crippen molar-refractivity contribution >= 4 is 22.1 Å². The highest BCUT2D eigenvalue weighted by Crippen LogP contribution is 2.38. The fraction of sp³-hybridized carbons (Fsp3) is 0.524. The lowest BCUT2D eigenvalue weighted by Crippen LogP contribution is -2.44. The Morgan fingerprint density at radius 1 is 1.23 bits per heavy atom. The monoisotopic (exact) mass is 353 g/mol. The van der Waals surface area contributed by atoms with E-state index in [4.69, 9.17) is 4.42 Å². The number of furan rings is 1. The first kappa shape index (κ1) is 17.3. The number of rotatable bonds is 3. The topological polar surface area (TPSA) is 70.9 Å². The van der Waals surface area contributed by atoms with Crippen LogP contribution in [-0.2, 0) is 6.54 Å². The Labute approximate surface area is 153 Å². The molecule has 4 rings (SSSR count). The maximum absolute atomic E-state index is 12.4. The third-order valence-corrected chi connectivity index (χ3v) is 5.69. The number of nitrogens with one attached hydrogen (secondary N) is 2. The summed E-state index contributed by atoms with van der Waals surface area (Å²) < 4.78 is 5.67. The van der Waals surface area contributed by atoms with E-state index >= 15 is 0 Å². The van der Waals surface area contributed by atoms with Gasteiger partial charge in [-0.15, -0.1) is 0 Å². The van der Waals surface area contributed by atoms with E-state index in [0.29, 0.717) is 41.0 Å². The van der Waals surface area contributed by atoms with Crippen LogP contribution in [0.4, 0.5) is 0 Å². The molecule has 2 N–H and O–H groups in total. The quantitative estimate of drug-likeness (QED) is 0.734. The van der Waals surface area contributed by atoms with Crippen molar-refractivity contribution in [2.45, 2.75) is 59.0 Å². The van der Waals surface area contributed by atoms with Crippen LogP contribution < -0.4 is 10.9 Å². The number of aromatic amines is 1. The highest BCUT2D eigenvalue weighted by molar-refractivity contribution is 6.01. The van der Waals surface area contributed by atoms with E-state index in [-0.39, 0.29) is 11.0 Å². The molecule has 3 aromatic rings. The number of para-hydroxylation sites is 1. The molecule has 5 nitrogen and oxygen atoms in total. The summed E-state index contributed by atoms with van der Waals surface area (Å²) in [5, 5.41) is 4.55. The van der Waals surface area contributed by atoms with Gasteiger partial charge in [0.25, 0.3) is 5.56 Å². The fourth-order valence-electron chi connectivity index (χ4n) is 4.37. The number of aromatic nitrogens is 2. The summed E-state index contributed by atoms with van der Waals surface area (Å²) >= 11 is 0. The largest absolute Gasteiger partial charge is 0.449 e. The molecule has 0 radical (unpaired) electrons. The summed E-state index contributed by atoms with van der Waals surface area (Å²) in [6, 6.07) is 8.11. The van der Waals surface area contributed by atoms with E-state index in [1.54, 1.807) is 0 Å². The first-order valence-corrected chi connectivity index (χ1v) is 9.57. The number of hydrogen-bond donors (Lipinski definition) is 2. The van der Waals surface area contributed by atoms with Crippen LogP contribution in [0.5, 0.6) is 0 Å². The predicted octanol–water partition coefficient (Wildman–Crippen LogP) is 4.36. The minimum Gasteiger partial charge on any atom is -0.449 e. The Hall–Kier alpha value is -2.14. The maximum atomic E-state index is 12.4. The highest BCUT2D eigenvalue weighted by atomic mass is 16.3. The van der Waals surface area contributed by atoms with Crippen LogP contribution in [0.25, 0.3) is 22.1 Å². The van der Waals surface area contributed by atoms with Gasteiger partial charge in [0.05, 0.1) is 6.54 Å². The SMILES string of the molecule is CC(C)(C)C1CCCCC1NCc1nc2c(oc3ccccc32)c(=O)[nH]1. The molecule has 1 fully saturated rings. The second kappa shape index (κ2) is 6.54. The number of benzene rings is 1. The van der Waals surface area contributed by atoms with Crippen molar-refractivity contribution in [3.8, 4) is 0 Å². The van der Waals surface area contributed by atoms with Crippen molar-refractivity contribution in [1.82, 2.24) is 15.3 Å². The first-order valence-electron chi connectivity index (χ1n) is 9.57. The van der Waals surface area contributed by atoms with Gasteiger partial charge < -0.3 is 14.7 Å². The van der Waals surface area contributed by atoms with Crippen LogP contribution in [0.2, 0.25) is 0 Å². The second-order valence-electron chi connectivity index (χ2n) is 8.53. The van der Waals surface area contributed by atoms with Gasteiger partial charge in [0, 0.05) is 11.4 Å². The van der Waals surface area contributed by atoms with E-state index < -0.39 is 0 Å². The van der Waals surface area contributed by atoms with Crippen LogP contribution in [0, 0.1) is 11.3 Å². The van der Waals surface area contributed by atoms with Crippen molar-refractivity contribution in [3.05, 3.63) is 40.4 Å². The molecule has 0 bridgehead atoms. The molecule has 0 amide bonds. The van der Waals surface area contributed by atoms with Crippen molar-refractivity contribution in [2.24, 2.45) is 11.3 Å². The van der Waals surface area contributed by atoms with Gasteiger partial charge >= 0.3 is 0 Å². The van der Waals surface area contributed by atoms with Crippen LogP contribution in [-0.4, -0.2) is 16.0 Å². The Morgan fingerprint density at radius 3 is 2.81 bits per heavy atom. The Morgan fingerprint density at radius 2 is 2.00 bits per heavy atom.